The topological polar surface area (TPSA) is 372 Å². The van der Waals surface area contributed by atoms with Gasteiger partial charge in [0.2, 0.25) is 22.3 Å². The third-order valence-corrected chi connectivity index (χ3v) is 13.3. The number of hydrogen-bond donors (Lipinski definition) is 2. The molecule has 5 fully saturated rings. The van der Waals surface area contributed by atoms with Crippen molar-refractivity contribution in [3.8, 4) is 0 Å². The molecule has 5 heterocycles. The molecular weight excluding hydrogens is 1210 g/mol. The van der Waals surface area contributed by atoms with E-state index >= 15 is 0 Å². The summed E-state index contributed by atoms with van der Waals surface area (Å²) in [5.74, 6) is -19.4. The number of aliphatic hydroxyl groups is 2. The second-order valence-electron chi connectivity index (χ2n) is 23.4. The van der Waals surface area contributed by atoms with Gasteiger partial charge >= 0.3 is 59.7 Å². The number of carbonyl (C=O) groups is 14. The molecule has 0 amide bonds. The molecule has 26 nitrogen and oxygen atoms in total. The van der Waals surface area contributed by atoms with Crippen LogP contribution in [0.2, 0.25) is 0 Å². The van der Waals surface area contributed by atoms with Gasteiger partial charge in [-0.05, 0) is 61.7 Å². The van der Waals surface area contributed by atoms with Crippen LogP contribution in [-0.2, 0) is 114 Å². The van der Waals surface area contributed by atoms with Gasteiger partial charge in [-0.15, -0.1) is 0 Å². The minimum absolute atomic E-state index is 0.0655. The summed E-state index contributed by atoms with van der Waals surface area (Å²) in [6.45, 7) is 14.4. The predicted octanol–water partition coefficient (Wildman–Crippen LogP) is 9.40. The first-order valence-electron chi connectivity index (χ1n) is 29.3. The maximum Gasteiger partial charge on any atom is 0.352 e. The van der Waals surface area contributed by atoms with Crippen LogP contribution in [0.1, 0.15) is 230 Å². The molecule has 88 heavy (non-hydrogen) atoms. The van der Waals surface area contributed by atoms with Gasteiger partial charge in [-0.25, -0.2) is 19.2 Å². The lowest BCUT2D eigenvalue weighted by molar-refractivity contribution is -0.240. The number of cyclic esters (lactones) is 10. The minimum Gasteiger partial charge on any atom is -0.511 e. The zero-order chi connectivity index (χ0) is 66.8. The van der Waals surface area contributed by atoms with Gasteiger partial charge in [0, 0.05) is 108 Å². The lowest BCUT2D eigenvalue weighted by Crippen LogP contribution is -2.49. The molecule has 5 rings (SSSR count). The molecule has 0 unspecified atom stereocenters. The van der Waals surface area contributed by atoms with Gasteiger partial charge in [0.25, 0.3) is 28.9 Å². The van der Waals surface area contributed by atoms with Crippen molar-refractivity contribution in [2.45, 2.75) is 259 Å². The first kappa shape index (κ1) is 77.1. The van der Waals surface area contributed by atoms with Crippen LogP contribution in [0.15, 0.2) is 22.7 Å². The van der Waals surface area contributed by atoms with Gasteiger partial charge < -0.3 is 57.6 Å². The average molecular weight is 1290 g/mol. The van der Waals surface area contributed by atoms with Crippen molar-refractivity contribution in [3.63, 3.8) is 0 Å². The Labute approximate surface area is 520 Å². The lowest BCUT2D eigenvalue weighted by atomic mass is 9.96. The van der Waals surface area contributed by atoms with Crippen molar-refractivity contribution < 1.29 is 125 Å². The Morgan fingerprint density at radius 3 is 0.773 bits per heavy atom. The number of hydrogen-bond acceptors (Lipinski definition) is 26. The van der Waals surface area contributed by atoms with Crippen LogP contribution < -0.4 is 0 Å². The monoisotopic (exact) mass is 1290 g/mol. The molecule has 0 aromatic carbocycles. The zero-order valence-electron chi connectivity index (χ0n) is 51.8. The zero-order valence-corrected chi connectivity index (χ0v) is 53.3. The van der Waals surface area contributed by atoms with Gasteiger partial charge in [-0.1, -0.05) is 77.0 Å². The molecule has 5 saturated heterocycles. The molecule has 0 saturated carbocycles. The van der Waals surface area contributed by atoms with Crippen LogP contribution >= 0.6 is 23.2 Å². The van der Waals surface area contributed by atoms with Gasteiger partial charge in [0.1, 0.15) is 17.9 Å². The Morgan fingerprint density at radius 1 is 0.330 bits per heavy atom. The highest BCUT2D eigenvalue weighted by Gasteiger charge is 2.48. The van der Waals surface area contributed by atoms with Crippen LogP contribution in [-0.4, -0.2) is 121 Å². The summed E-state index contributed by atoms with van der Waals surface area (Å²) in [5.41, 5.74) is -0.924. The number of aliphatic hydroxyl groups excluding tert-OH is 2. The first-order chi connectivity index (χ1) is 40.8. The van der Waals surface area contributed by atoms with E-state index in [4.69, 9.17) is 61.1 Å². The number of halogens is 2. The van der Waals surface area contributed by atoms with Gasteiger partial charge in [-0.2, -0.15) is 0 Å². The summed E-state index contributed by atoms with van der Waals surface area (Å²) < 4.78 is 48.9. The summed E-state index contributed by atoms with van der Waals surface area (Å²) in [5, 5.41) is 19.6. The van der Waals surface area contributed by atoms with E-state index < -0.39 is 123 Å². The highest BCUT2D eigenvalue weighted by Crippen LogP contribution is 2.30. The number of ketones is 2. The average Bonchev–Trinajstić information content (AvgIpc) is 0.972. The first-order valence-corrected chi connectivity index (χ1v) is 30.1. The summed E-state index contributed by atoms with van der Waals surface area (Å²) in [4.78, 5) is 161. The molecule has 494 valence electrons. The maximum atomic E-state index is 12.2. The third-order valence-electron chi connectivity index (χ3n) is 12.9. The van der Waals surface area contributed by atoms with Crippen molar-refractivity contribution in [1.29, 1.82) is 0 Å². The molecule has 0 atom stereocenters. The number of carbonyl (C=O) groups excluding carboxylic acids is 14. The standard InChI is InChI=1S/2C22H30O10.C10H16Cl2O2.C6H8O4/c2*1-21(2)29-17(25)15(18(26)30-21)13(23)11-9-7-5-6-8-10-12-14(24)16-19(27)31-22(3,4)32-20(16)28;11-9(13)7-5-3-1-2-4-6-8-10(12)14;1-6(2)9-4(7)3-5(8)10-6/h23-24H,5-12H2,1-4H3;15-16H,5-12H2,1-4H3;1-8H2;3H2,1-2H3. The smallest absolute Gasteiger partial charge is 0.352 e. The van der Waals surface area contributed by atoms with E-state index in [9.17, 15) is 77.3 Å². The number of ether oxygens (including phenoxy) is 10. The van der Waals surface area contributed by atoms with E-state index in [2.05, 4.69) is 9.47 Å². The van der Waals surface area contributed by atoms with Crippen molar-refractivity contribution in [2.24, 2.45) is 11.8 Å². The highest BCUT2D eigenvalue weighted by atomic mass is 35.5. The Bertz CT molecular complexity index is 2380. The molecule has 0 aromatic rings. The summed E-state index contributed by atoms with van der Waals surface area (Å²) in [7, 11) is 0. The molecule has 0 aromatic heterocycles. The quantitative estimate of drug-likeness (QED) is 0.0103. The molecule has 0 radical (unpaired) electrons. The SMILES string of the molecule is CC1(C)OC(=O)C(=C(O)CCCCCCCCC(O)=C2C(=O)OC(C)(C)OC2=O)C(=O)O1.CC1(C)OC(=O)C(C(=O)CCCCCCCCC(=O)C2C(=O)OC(C)(C)OC2=O)C(=O)O1.CC1(C)OC(=O)CC(=O)O1.O=C(Cl)CCCCCCCCC(=O)Cl. The van der Waals surface area contributed by atoms with Crippen molar-refractivity contribution in [3.05, 3.63) is 22.7 Å². The van der Waals surface area contributed by atoms with Crippen LogP contribution in [0.3, 0.4) is 0 Å². The van der Waals surface area contributed by atoms with E-state index in [1.54, 1.807) is 0 Å². The summed E-state index contributed by atoms with van der Waals surface area (Å²) in [6.07, 6.45) is 15.4. The molecule has 5 aliphatic heterocycles. The van der Waals surface area contributed by atoms with Crippen LogP contribution in [0, 0.1) is 11.8 Å². The largest absolute Gasteiger partial charge is 0.511 e. The van der Waals surface area contributed by atoms with Crippen LogP contribution in [0.25, 0.3) is 0 Å². The second-order valence-corrected chi connectivity index (χ2v) is 24.2. The minimum atomic E-state index is -1.52. The van der Waals surface area contributed by atoms with Crippen molar-refractivity contribution >= 4 is 105 Å². The van der Waals surface area contributed by atoms with Crippen LogP contribution in [0.4, 0.5) is 0 Å². The van der Waals surface area contributed by atoms with E-state index in [0.717, 1.165) is 77.0 Å². The number of esters is 10. The Balaban J connectivity index is 0.000000440. The predicted molar refractivity (Wildman–Crippen MR) is 305 cm³/mol. The molecule has 0 bridgehead atoms. The fourth-order valence-corrected chi connectivity index (χ4v) is 9.14. The second kappa shape index (κ2) is 35.9. The Hall–Kier alpha value is -6.96. The Kier molecular flexibility index (Phi) is 31.5. The van der Waals surface area contributed by atoms with Crippen LogP contribution in [0.5, 0.6) is 0 Å². The highest BCUT2D eigenvalue weighted by molar-refractivity contribution is 6.63. The normalized spacial score (nSPS) is 19.0. The number of unbranched alkanes of at least 4 members (excludes halogenated alkanes) is 15. The number of allylic oxidation sites excluding steroid dienone is 2. The van der Waals surface area contributed by atoms with E-state index in [0.29, 0.717) is 51.4 Å². The molecular formula is C60H84Cl2O26. The molecule has 0 aliphatic carbocycles. The fourth-order valence-electron chi connectivity index (χ4n) is 8.87. The Morgan fingerprint density at radius 2 is 0.534 bits per heavy atom. The summed E-state index contributed by atoms with van der Waals surface area (Å²) in [6, 6.07) is 0. The number of rotatable bonds is 29. The molecule has 0 spiro atoms. The fraction of sp³-hybridized carbons (Fsp3) is 0.700. The lowest BCUT2D eigenvalue weighted by Gasteiger charge is -2.32. The molecule has 5 aliphatic rings. The number of Topliss-reactive ketones (excluding diaryl/α,β-unsaturated/α-hetero) is 2. The molecule has 28 heteroatoms. The van der Waals surface area contributed by atoms with Gasteiger partial charge in [-0.3, -0.25) is 47.9 Å². The van der Waals surface area contributed by atoms with E-state index in [1.807, 2.05) is 0 Å². The molecule has 2 N–H and O–H groups in total. The van der Waals surface area contributed by atoms with E-state index in [-0.39, 0.29) is 54.1 Å². The summed E-state index contributed by atoms with van der Waals surface area (Å²) >= 11 is 10.4. The van der Waals surface area contributed by atoms with Gasteiger partial charge in [0.05, 0.1) is 0 Å². The van der Waals surface area contributed by atoms with Crippen molar-refractivity contribution in [2.75, 3.05) is 0 Å². The maximum absolute atomic E-state index is 12.2. The third kappa shape index (κ3) is 29.4. The van der Waals surface area contributed by atoms with Crippen molar-refractivity contribution in [1.82, 2.24) is 0 Å². The van der Waals surface area contributed by atoms with Gasteiger partial charge in [0.15, 0.2) is 22.7 Å². The van der Waals surface area contributed by atoms with E-state index in [1.165, 1.54) is 69.2 Å².